The highest BCUT2D eigenvalue weighted by Crippen LogP contribution is 2.38. The van der Waals surface area contributed by atoms with E-state index in [0.29, 0.717) is 43.8 Å². The molecule has 186 valence electrons. The van der Waals surface area contributed by atoms with Gasteiger partial charge in [-0.2, -0.15) is 5.26 Å². The van der Waals surface area contributed by atoms with E-state index in [1.165, 1.54) is 0 Å². The predicted molar refractivity (Wildman–Crippen MR) is 139 cm³/mol. The molecule has 6 heteroatoms. The Balaban J connectivity index is 1.75. The summed E-state index contributed by atoms with van der Waals surface area (Å²) in [5, 5.41) is 10.8. The highest BCUT2D eigenvalue weighted by Gasteiger charge is 2.50. The van der Waals surface area contributed by atoms with Gasteiger partial charge in [-0.05, 0) is 42.9 Å². The second-order valence-electron chi connectivity index (χ2n) is 10.3. The molecule has 2 aromatic rings. The number of amides is 2. The normalized spacial score (nSPS) is 21.4. The third kappa shape index (κ3) is 5.60. The van der Waals surface area contributed by atoms with E-state index in [1.807, 2.05) is 55.5 Å². The summed E-state index contributed by atoms with van der Waals surface area (Å²) in [6, 6.07) is 17.8. The zero-order valence-electron chi connectivity index (χ0n) is 21.1. The van der Waals surface area contributed by atoms with Gasteiger partial charge in [0.1, 0.15) is 6.54 Å². The lowest BCUT2D eigenvalue weighted by Gasteiger charge is -2.36. The molecule has 3 rings (SSSR count). The van der Waals surface area contributed by atoms with E-state index in [-0.39, 0.29) is 16.3 Å². The first-order valence-electron chi connectivity index (χ1n) is 12.6. The van der Waals surface area contributed by atoms with Crippen molar-refractivity contribution in [2.45, 2.75) is 77.3 Å². The molecule has 0 bridgehead atoms. The van der Waals surface area contributed by atoms with E-state index < -0.39 is 17.4 Å². The van der Waals surface area contributed by atoms with Crippen LogP contribution < -0.4 is 5.73 Å². The minimum atomic E-state index is -0.585. The number of benzene rings is 2. The zero-order valence-corrected chi connectivity index (χ0v) is 21.9. The number of halogens is 1. The molecule has 0 saturated carbocycles. The van der Waals surface area contributed by atoms with Crippen LogP contribution in [0.2, 0.25) is 5.02 Å². The molecule has 1 saturated heterocycles. The van der Waals surface area contributed by atoms with Crippen molar-refractivity contribution in [2.24, 2.45) is 11.7 Å². The number of nitriles is 1. The molecule has 2 aromatic carbocycles. The molecule has 1 unspecified atom stereocenters. The summed E-state index contributed by atoms with van der Waals surface area (Å²) < 4.78 is 0.0704. The van der Waals surface area contributed by atoms with Gasteiger partial charge >= 0.3 is 5.91 Å². The fourth-order valence-electron chi connectivity index (χ4n) is 5.65. The van der Waals surface area contributed by atoms with Crippen molar-refractivity contribution in [2.75, 3.05) is 6.54 Å². The third-order valence-corrected chi connectivity index (χ3v) is 8.25. The molecule has 5 nitrogen and oxygen atoms in total. The molecule has 1 fully saturated rings. The van der Waals surface area contributed by atoms with Crippen molar-refractivity contribution < 1.29 is 14.1 Å². The number of aryl methyl sites for hydroxylation is 1. The van der Waals surface area contributed by atoms with Gasteiger partial charge in [0.15, 0.2) is 6.04 Å². The van der Waals surface area contributed by atoms with E-state index in [2.05, 4.69) is 19.9 Å². The molecule has 35 heavy (non-hydrogen) atoms. The number of carbonyl (C=O) groups excluding carboxylic acids is 2. The lowest BCUT2D eigenvalue weighted by Crippen LogP contribution is -2.59. The molecule has 0 aliphatic carbocycles. The predicted octanol–water partition coefficient (Wildman–Crippen LogP) is 5.82. The van der Waals surface area contributed by atoms with Gasteiger partial charge in [-0.25, -0.2) is 9.28 Å². The first-order chi connectivity index (χ1) is 16.7. The fourth-order valence-corrected chi connectivity index (χ4v) is 5.85. The summed E-state index contributed by atoms with van der Waals surface area (Å²) in [7, 11) is 0. The van der Waals surface area contributed by atoms with E-state index in [9.17, 15) is 14.9 Å². The lowest BCUT2D eigenvalue weighted by atomic mass is 9.69. The summed E-state index contributed by atoms with van der Waals surface area (Å²) in [5.74, 6) is -0.218. The van der Waals surface area contributed by atoms with Crippen molar-refractivity contribution in [1.82, 2.24) is 0 Å². The standard InChI is InChI=1S/C29H36ClN3O2/c1-21(2)29(20-31,24-10-5-4-6-11-24)16-8-7-13-27(34)33(17-9-12-26(33)28(32)35)19-23-15-14-22(3)25(30)18-23/h4-6,10-11,14-15,18,21,26H,7-9,12-13,16-17,19H2,1-3H3,(H-,32,35)/p+1/t26?,29-,33+/m0/s1. The first-order valence-corrected chi connectivity index (χ1v) is 13.0. The van der Waals surface area contributed by atoms with Crippen molar-refractivity contribution in [3.63, 3.8) is 0 Å². The average molecular weight is 495 g/mol. The second-order valence-corrected chi connectivity index (χ2v) is 10.7. The van der Waals surface area contributed by atoms with Gasteiger partial charge in [0.25, 0.3) is 5.91 Å². The van der Waals surface area contributed by atoms with Gasteiger partial charge in [0, 0.05) is 23.4 Å². The fraction of sp³-hybridized carbons (Fsp3) is 0.483. The summed E-state index contributed by atoms with van der Waals surface area (Å²) in [4.78, 5) is 26.1. The van der Waals surface area contributed by atoms with E-state index in [4.69, 9.17) is 17.3 Å². The Hall–Kier alpha value is -2.68. The average Bonchev–Trinajstić information content (AvgIpc) is 3.27. The van der Waals surface area contributed by atoms with Crippen LogP contribution in [0, 0.1) is 24.2 Å². The number of hydrogen-bond donors (Lipinski definition) is 1. The number of primary amides is 1. The summed E-state index contributed by atoms with van der Waals surface area (Å²) in [6.45, 7) is 7.13. The Morgan fingerprint density at radius 2 is 1.91 bits per heavy atom. The Morgan fingerprint density at radius 3 is 2.51 bits per heavy atom. The van der Waals surface area contributed by atoms with E-state index in [0.717, 1.165) is 29.5 Å². The lowest BCUT2D eigenvalue weighted by molar-refractivity contribution is -0.871. The third-order valence-electron chi connectivity index (χ3n) is 7.84. The Kier molecular flexibility index (Phi) is 8.74. The van der Waals surface area contributed by atoms with Gasteiger partial charge in [0.05, 0.1) is 24.4 Å². The first kappa shape index (κ1) is 26.9. The van der Waals surface area contributed by atoms with Gasteiger partial charge < -0.3 is 5.73 Å². The van der Waals surface area contributed by atoms with Crippen LogP contribution in [0.3, 0.4) is 0 Å². The maximum Gasteiger partial charge on any atom is 0.314 e. The topological polar surface area (TPSA) is 83.9 Å². The summed E-state index contributed by atoms with van der Waals surface area (Å²) in [6.07, 6.45) is 3.88. The number of quaternary nitrogens is 1. The molecule has 1 heterocycles. The smallest absolute Gasteiger partial charge is 0.314 e. The number of rotatable bonds is 10. The SMILES string of the molecule is Cc1ccc(C[N@+]2(C(=O)CCCC[C@@](C#N)(c3ccccc3)C(C)C)CCCC2C(N)=O)cc1Cl. The number of likely N-dealkylation sites (tertiary alicyclic amines) is 1. The van der Waals surface area contributed by atoms with Gasteiger partial charge in [0.2, 0.25) is 0 Å². The molecule has 3 atom stereocenters. The molecule has 1 aliphatic rings. The van der Waals surface area contributed by atoms with Crippen LogP contribution >= 0.6 is 11.6 Å². The minimum absolute atomic E-state index is 0.0508. The van der Waals surface area contributed by atoms with Crippen LogP contribution in [0.25, 0.3) is 0 Å². The van der Waals surface area contributed by atoms with Crippen LogP contribution in [0.5, 0.6) is 0 Å². The van der Waals surface area contributed by atoms with Crippen molar-refractivity contribution >= 4 is 23.4 Å². The number of nitrogens with zero attached hydrogens (tertiary/aromatic N) is 2. The van der Waals surface area contributed by atoms with Crippen molar-refractivity contribution in [3.8, 4) is 6.07 Å². The Morgan fingerprint density at radius 1 is 1.20 bits per heavy atom. The number of hydrogen-bond acceptors (Lipinski definition) is 3. The molecule has 2 amide bonds. The Labute approximate surface area is 214 Å². The number of unbranched alkanes of at least 4 members (excludes halogenated alkanes) is 1. The second kappa shape index (κ2) is 11.4. The van der Waals surface area contributed by atoms with E-state index in [1.54, 1.807) is 0 Å². The minimum Gasteiger partial charge on any atom is -0.364 e. The van der Waals surface area contributed by atoms with Crippen molar-refractivity contribution in [3.05, 3.63) is 70.2 Å². The van der Waals surface area contributed by atoms with Crippen LogP contribution in [-0.4, -0.2) is 28.9 Å². The molecule has 2 N–H and O–H groups in total. The van der Waals surface area contributed by atoms with Crippen LogP contribution in [0.15, 0.2) is 48.5 Å². The molecular weight excluding hydrogens is 458 g/mol. The van der Waals surface area contributed by atoms with Crippen molar-refractivity contribution in [1.29, 1.82) is 5.26 Å². The largest absolute Gasteiger partial charge is 0.364 e. The van der Waals surface area contributed by atoms with Gasteiger partial charge in [-0.3, -0.25) is 4.79 Å². The monoisotopic (exact) mass is 494 g/mol. The summed E-state index contributed by atoms with van der Waals surface area (Å²) >= 11 is 6.35. The number of carbonyl (C=O) groups is 2. The molecule has 0 radical (unpaired) electrons. The van der Waals surface area contributed by atoms with Crippen LogP contribution in [-0.2, 0) is 21.5 Å². The highest BCUT2D eigenvalue weighted by molar-refractivity contribution is 6.31. The van der Waals surface area contributed by atoms with Gasteiger partial charge in [-0.15, -0.1) is 0 Å². The molecule has 1 aliphatic heterocycles. The molecule has 0 spiro atoms. The summed E-state index contributed by atoms with van der Waals surface area (Å²) in [5.41, 5.74) is 8.13. The zero-order chi connectivity index (χ0) is 25.6. The van der Waals surface area contributed by atoms with E-state index >= 15 is 0 Å². The maximum atomic E-state index is 13.7. The quantitative estimate of drug-likeness (QED) is 0.333. The van der Waals surface area contributed by atoms with Crippen LogP contribution in [0.1, 0.15) is 69.1 Å². The molecule has 0 aromatic heterocycles. The number of nitrogens with two attached hydrogens (primary N) is 1. The molecular formula is C29H37ClN3O2+. The van der Waals surface area contributed by atoms with Gasteiger partial charge in [-0.1, -0.05) is 74.3 Å². The Bertz CT molecular complexity index is 1090. The highest BCUT2D eigenvalue weighted by atomic mass is 35.5. The maximum absolute atomic E-state index is 13.7. The van der Waals surface area contributed by atoms with Crippen LogP contribution in [0.4, 0.5) is 0 Å².